The lowest BCUT2D eigenvalue weighted by Crippen LogP contribution is -2.47. The van der Waals surface area contributed by atoms with Crippen molar-refractivity contribution in [2.45, 2.75) is 45.8 Å². The average molecular weight is 362 g/mol. The van der Waals surface area contributed by atoms with Crippen LogP contribution in [0.4, 0.5) is 0 Å². The van der Waals surface area contributed by atoms with Gasteiger partial charge < -0.3 is 24.4 Å². The standard InChI is InChI=1S/C19H26N2O5/c1-12(2)20-18(22)14-6-8-21(9-7-14)19(23)13(3)26-15-4-5-16-17(10-15)25-11-24-16/h4-5,10,12-14H,6-9,11H2,1-3H3,(H,20,22). The van der Waals surface area contributed by atoms with E-state index in [9.17, 15) is 9.59 Å². The maximum absolute atomic E-state index is 12.6. The van der Waals surface area contributed by atoms with Crippen molar-refractivity contribution in [3.05, 3.63) is 18.2 Å². The molecule has 2 aliphatic rings. The number of hydrogen-bond acceptors (Lipinski definition) is 5. The van der Waals surface area contributed by atoms with E-state index in [0.717, 1.165) is 0 Å². The fraction of sp³-hybridized carbons (Fsp3) is 0.579. The van der Waals surface area contributed by atoms with E-state index in [1.165, 1.54) is 0 Å². The Balaban J connectivity index is 1.51. The largest absolute Gasteiger partial charge is 0.481 e. The van der Waals surface area contributed by atoms with Crippen LogP contribution in [-0.2, 0) is 9.59 Å². The highest BCUT2D eigenvalue weighted by molar-refractivity contribution is 5.82. The van der Waals surface area contributed by atoms with Crippen LogP contribution in [-0.4, -0.2) is 48.7 Å². The number of benzene rings is 1. The van der Waals surface area contributed by atoms with Crippen LogP contribution in [0.5, 0.6) is 17.2 Å². The van der Waals surface area contributed by atoms with Gasteiger partial charge in [-0.3, -0.25) is 9.59 Å². The quantitative estimate of drug-likeness (QED) is 0.866. The van der Waals surface area contributed by atoms with Crippen molar-refractivity contribution in [2.24, 2.45) is 5.92 Å². The number of nitrogens with zero attached hydrogens (tertiary/aromatic N) is 1. The van der Waals surface area contributed by atoms with E-state index >= 15 is 0 Å². The van der Waals surface area contributed by atoms with Gasteiger partial charge in [0, 0.05) is 31.1 Å². The summed E-state index contributed by atoms with van der Waals surface area (Å²) in [6, 6.07) is 5.40. The van der Waals surface area contributed by atoms with Gasteiger partial charge in [-0.1, -0.05) is 0 Å². The highest BCUT2D eigenvalue weighted by atomic mass is 16.7. The lowest BCUT2D eigenvalue weighted by Gasteiger charge is -2.33. The molecule has 1 saturated heterocycles. The van der Waals surface area contributed by atoms with Crippen molar-refractivity contribution >= 4 is 11.8 Å². The predicted octanol–water partition coefficient (Wildman–Crippen LogP) is 1.95. The third-order valence-electron chi connectivity index (χ3n) is 4.61. The first-order valence-electron chi connectivity index (χ1n) is 9.09. The molecule has 1 N–H and O–H groups in total. The Morgan fingerprint density at radius 3 is 2.54 bits per heavy atom. The molecule has 142 valence electrons. The molecule has 7 heteroatoms. The molecule has 0 spiro atoms. The lowest BCUT2D eigenvalue weighted by molar-refractivity contribution is -0.141. The molecule has 0 aliphatic carbocycles. The number of carbonyl (C=O) groups is 2. The van der Waals surface area contributed by atoms with Crippen molar-refractivity contribution in [3.63, 3.8) is 0 Å². The van der Waals surface area contributed by atoms with Crippen molar-refractivity contribution in [1.29, 1.82) is 0 Å². The number of likely N-dealkylation sites (tertiary alicyclic amines) is 1. The zero-order valence-corrected chi connectivity index (χ0v) is 15.5. The van der Waals surface area contributed by atoms with Crippen molar-refractivity contribution in [3.8, 4) is 17.2 Å². The van der Waals surface area contributed by atoms with Gasteiger partial charge in [0.1, 0.15) is 5.75 Å². The van der Waals surface area contributed by atoms with Crippen LogP contribution in [0.3, 0.4) is 0 Å². The summed E-state index contributed by atoms with van der Waals surface area (Å²) >= 11 is 0. The smallest absolute Gasteiger partial charge is 0.263 e. The predicted molar refractivity (Wildman–Crippen MR) is 95.2 cm³/mol. The number of ether oxygens (including phenoxy) is 3. The van der Waals surface area contributed by atoms with E-state index < -0.39 is 6.10 Å². The lowest BCUT2D eigenvalue weighted by atomic mass is 9.95. The van der Waals surface area contributed by atoms with E-state index in [1.807, 2.05) is 13.8 Å². The Labute approximate surface area is 153 Å². The summed E-state index contributed by atoms with van der Waals surface area (Å²) < 4.78 is 16.4. The van der Waals surface area contributed by atoms with Crippen LogP contribution in [0.1, 0.15) is 33.6 Å². The summed E-state index contributed by atoms with van der Waals surface area (Å²) in [5.41, 5.74) is 0. The molecule has 0 radical (unpaired) electrons. The van der Waals surface area contributed by atoms with Gasteiger partial charge in [-0.25, -0.2) is 0 Å². The monoisotopic (exact) mass is 362 g/mol. The van der Waals surface area contributed by atoms with E-state index in [0.29, 0.717) is 43.2 Å². The molecule has 1 unspecified atom stereocenters. The summed E-state index contributed by atoms with van der Waals surface area (Å²) in [5, 5.41) is 2.94. The Morgan fingerprint density at radius 2 is 1.85 bits per heavy atom. The minimum Gasteiger partial charge on any atom is -0.481 e. The molecule has 1 atom stereocenters. The number of rotatable bonds is 5. The van der Waals surface area contributed by atoms with Gasteiger partial charge >= 0.3 is 0 Å². The number of hydrogen-bond donors (Lipinski definition) is 1. The van der Waals surface area contributed by atoms with E-state index in [2.05, 4.69) is 5.32 Å². The first-order chi connectivity index (χ1) is 12.4. The highest BCUT2D eigenvalue weighted by Gasteiger charge is 2.30. The van der Waals surface area contributed by atoms with Gasteiger partial charge in [-0.15, -0.1) is 0 Å². The van der Waals surface area contributed by atoms with Crippen LogP contribution in [0.25, 0.3) is 0 Å². The number of nitrogens with one attached hydrogen (secondary N) is 1. The van der Waals surface area contributed by atoms with E-state index in [-0.39, 0.29) is 30.6 Å². The number of fused-ring (bicyclic) bond motifs is 1. The Kier molecular flexibility index (Phi) is 5.54. The second-order valence-corrected chi connectivity index (χ2v) is 7.04. The molecule has 1 aromatic rings. The molecule has 2 heterocycles. The minimum absolute atomic E-state index is 0.0217. The minimum atomic E-state index is -0.601. The zero-order chi connectivity index (χ0) is 18.7. The average Bonchev–Trinajstić information content (AvgIpc) is 3.08. The molecule has 0 saturated carbocycles. The van der Waals surface area contributed by atoms with Gasteiger partial charge in [0.05, 0.1) is 0 Å². The number of piperidine rings is 1. The summed E-state index contributed by atoms with van der Waals surface area (Å²) in [5.74, 6) is 1.87. The van der Waals surface area contributed by atoms with E-state index in [4.69, 9.17) is 14.2 Å². The molecule has 7 nitrogen and oxygen atoms in total. The van der Waals surface area contributed by atoms with Crippen LogP contribution in [0.2, 0.25) is 0 Å². The second kappa shape index (κ2) is 7.85. The maximum Gasteiger partial charge on any atom is 0.263 e. The summed E-state index contributed by atoms with van der Waals surface area (Å²) in [6.07, 6.45) is 0.763. The van der Waals surface area contributed by atoms with Crippen LogP contribution in [0, 0.1) is 5.92 Å². The topological polar surface area (TPSA) is 77.1 Å². The molecule has 2 aliphatic heterocycles. The summed E-state index contributed by atoms with van der Waals surface area (Å²) in [6.45, 7) is 6.99. The zero-order valence-electron chi connectivity index (χ0n) is 15.5. The molecule has 2 amide bonds. The van der Waals surface area contributed by atoms with Crippen LogP contribution < -0.4 is 19.5 Å². The Morgan fingerprint density at radius 1 is 1.15 bits per heavy atom. The molecular formula is C19H26N2O5. The maximum atomic E-state index is 12.6. The molecule has 26 heavy (non-hydrogen) atoms. The van der Waals surface area contributed by atoms with Gasteiger partial charge in [0.15, 0.2) is 17.6 Å². The molecule has 0 aromatic heterocycles. The molecule has 1 aromatic carbocycles. The second-order valence-electron chi connectivity index (χ2n) is 7.04. The fourth-order valence-corrected chi connectivity index (χ4v) is 3.23. The third-order valence-corrected chi connectivity index (χ3v) is 4.61. The van der Waals surface area contributed by atoms with Crippen LogP contribution >= 0.6 is 0 Å². The van der Waals surface area contributed by atoms with Gasteiger partial charge in [0.25, 0.3) is 5.91 Å². The van der Waals surface area contributed by atoms with Crippen molar-refractivity contribution in [1.82, 2.24) is 10.2 Å². The van der Waals surface area contributed by atoms with Crippen molar-refractivity contribution < 1.29 is 23.8 Å². The van der Waals surface area contributed by atoms with E-state index in [1.54, 1.807) is 30.0 Å². The van der Waals surface area contributed by atoms with Crippen molar-refractivity contribution in [2.75, 3.05) is 19.9 Å². The molecule has 0 bridgehead atoms. The molecular weight excluding hydrogens is 336 g/mol. The SMILES string of the molecule is CC(C)NC(=O)C1CCN(C(=O)C(C)Oc2ccc3c(c2)OCO3)CC1. The Hall–Kier alpha value is -2.44. The molecule has 1 fully saturated rings. The van der Waals surface area contributed by atoms with Gasteiger partial charge in [0.2, 0.25) is 12.7 Å². The van der Waals surface area contributed by atoms with Crippen LogP contribution in [0.15, 0.2) is 18.2 Å². The summed E-state index contributed by atoms with van der Waals surface area (Å²) in [4.78, 5) is 26.5. The fourth-order valence-electron chi connectivity index (χ4n) is 3.23. The highest BCUT2D eigenvalue weighted by Crippen LogP contribution is 2.35. The first-order valence-corrected chi connectivity index (χ1v) is 9.09. The third kappa shape index (κ3) is 4.20. The molecule has 3 rings (SSSR count). The number of carbonyl (C=O) groups excluding carboxylic acids is 2. The van der Waals surface area contributed by atoms with Gasteiger partial charge in [-0.05, 0) is 45.7 Å². The summed E-state index contributed by atoms with van der Waals surface area (Å²) in [7, 11) is 0. The van der Waals surface area contributed by atoms with Gasteiger partial charge in [-0.2, -0.15) is 0 Å². The first kappa shape index (κ1) is 18.4. The normalized spacial score (nSPS) is 17.9. The Bertz CT molecular complexity index is 668. The number of amides is 2.